The fourth-order valence-electron chi connectivity index (χ4n) is 1.79. The Bertz CT molecular complexity index is 554. The lowest BCUT2D eigenvalue weighted by molar-refractivity contribution is 0.0751. The molecule has 1 atom stereocenters. The number of hydrogen-bond donors (Lipinski definition) is 2. The van der Waals surface area contributed by atoms with E-state index in [0.29, 0.717) is 12.3 Å². The van der Waals surface area contributed by atoms with E-state index in [1.807, 2.05) is 0 Å². The van der Waals surface area contributed by atoms with Gasteiger partial charge in [0.2, 0.25) is 0 Å². The van der Waals surface area contributed by atoms with Crippen molar-refractivity contribution in [2.75, 3.05) is 30.0 Å². The van der Waals surface area contributed by atoms with E-state index in [2.05, 4.69) is 10.2 Å². The third kappa shape index (κ3) is 2.46. The number of aromatic nitrogens is 2. The van der Waals surface area contributed by atoms with E-state index in [4.69, 9.17) is 5.73 Å². The predicted molar refractivity (Wildman–Crippen MR) is 70.0 cm³/mol. The molecule has 0 saturated carbocycles. The van der Waals surface area contributed by atoms with Gasteiger partial charge in [-0.15, -0.1) is 0 Å². The van der Waals surface area contributed by atoms with Gasteiger partial charge in [-0.3, -0.25) is 9.89 Å². The van der Waals surface area contributed by atoms with E-state index in [1.165, 1.54) is 22.9 Å². The SMILES string of the molecule is CS(=O)(=O)C1CSCCN1C(=O)c1cn[nH]c1N. The van der Waals surface area contributed by atoms with Gasteiger partial charge in [-0.25, -0.2) is 8.42 Å². The van der Waals surface area contributed by atoms with Crippen LogP contribution in [0.4, 0.5) is 5.82 Å². The van der Waals surface area contributed by atoms with E-state index in [0.717, 1.165) is 12.0 Å². The number of sulfone groups is 1. The molecule has 7 nitrogen and oxygen atoms in total. The Kier molecular flexibility index (Phi) is 3.53. The van der Waals surface area contributed by atoms with E-state index in [1.54, 1.807) is 0 Å². The summed E-state index contributed by atoms with van der Waals surface area (Å²) in [5.74, 6) is 0.875. The topological polar surface area (TPSA) is 109 Å². The summed E-state index contributed by atoms with van der Waals surface area (Å²) in [6.07, 6.45) is 2.46. The van der Waals surface area contributed by atoms with Crippen molar-refractivity contribution in [3.05, 3.63) is 11.8 Å². The fraction of sp³-hybridized carbons (Fsp3) is 0.556. The number of nitrogens with zero attached hydrogens (tertiary/aromatic N) is 2. The minimum atomic E-state index is -3.31. The molecule has 1 aliphatic heterocycles. The van der Waals surface area contributed by atoms with Crippen molar-refractivity contribution in [3.8, 4) is 0 Å². The molecule has 1 fully saturated rings. The molecule has 1 saturated heterocycles. The van der Waals surface area contributed by atoms with Crippen molar-refractivity contribution < 1.29 is 13.2 Å². The molecular formula is C9H14N4O3S2. The number of rotatable bonds is 2. The molecule has 9 heteroatoms. The molecule has 1 amide bonds. The molecule has 0 bridgehead atoms. The Morgan fingerprint density at radius 3 is 2.94 bits per heavy atom. The molecule has 0 radical (unpaired) electrons. The Hall–Kier alpha value is -1.22. The number of thioether (sulfide) groups is 1. The first kappa shape index (κ1) is 13.2. The van der Waals surface area contributed by atoms with Crippen LogP contribution in [0.25, 0.3) is 0 Å². The molecule has 0 aromatic carbocycles. The largest absolute Gasteiger partial charge is 0.383 e. The number of H-pyrrole nitrogens is 1. The van der Waals surface area contributed by atoms with Gasteiger partial charge in [0.15, 0.2) is 9.84 Å². The van der Waals surface area contributed by atoms with Crippen molar-refractivity contribution in [1.29, 1.82) is 0 Å². The smallest absolute Gasteiger partial charge is 0.260 e. The quantitative estimate of drug-likeness (QED) is 0.763. The molecule has 2 heterocycles. The second kappa shape index (κ2) is 4.81. The van der Waals surface area contributed by atoms with Gasteiger partial charge < -0.3 is 10.6 Å². The predicted octanol–water partition coefficient (Wildman–Crippen LogP) is -0.448. The lowest BCUT2D eigenvalue weighted by atomic mass is 10.3. The molecule has 2 rings (SSSR count). The first-order valence-electron chi connectivity index (χ1n) is 5.27. The molecule has 1 unspecified atom stereocenters. The van der Waals surface area contributed by atoms with Crippen LogP contribution in [0.3, 0.4) is 0 Å². The van der Waals surface area contributed by atoms with Crippen LogP contribution in [0.1, 0.15) is 10.4 Å². The van der Waals surface area contributed by atoms with Gasteiger partial charge in [-0.05, 0) is 0 Å². The molecule has 0 aliphatic carbocycles. The van der Waals surface area contributed by atoms with Crippen LogP contribution in [-0.2, 0) is 9.84 Å². The third-order valence-electron chi connectivity index (χ3n) is 2.74. The summed E-state index contributed by atoms with van der Waals surface area (Å²) in [5, 5.41) is 5.35. The van der Waals surface area contributed by atoms with Gasteiger partial charge in [0.25, 0.3) is 5.91 Å². The molecule has 0 spiro atoms. The molecular weight excluding hydrogens is 276 g/mol. The number of hydrogen-bond acceptors (Lipinski definition) is 6. The summed E-state index contributed by atoms with van der Waals surface area (Å²) in [4.78, 5) is 13.6. The second-order valence-electron chi connectivity index (χ2n) is 4.05. The van der Waals surface area contributed by atoms with Gasteiger partial charge in [-0.1, -0.05) is 0 Å². The van der Waals surface area contributed by atoms with Crippen molar-refractivity contribution in [2.45, 2.75) is 5.37 Å². The minimum absolute atomic E-state index is 0.158. The Morgan fingerprint density at radius 2 is 2.39 bits per heavy atom. The standard InChI is InChI=1S/C9H14N4O3S2/c1-18(15,16)7-5-17-3-2-13(7)9(14)6-4-11-12-8(6)10/h4,7H,2-3,5H2,1H3,(H3,10,11,12). The van der Waals surface area contributed by atoms with Crippen LogP contribution in [0, 0.1) is 0 Å². The first-order valence-corrected chi connectivity index (χ1v) is 8.38. The summed E-state index contributed by atoms with van der Waals surface area (Å²) < 4.78 is 23.4. The lowest BCUT2D eigenvalue weighted by Gasteiger charge is -2.33. The van der Waals surface area contributed by atoms with Crippen molar-refractivity contribution in [2.24, 2.45) is 0 Å². The highest BCUT2D eigenvalue weighted by Crippen LogP contribution is 2.23. The van der Waals surface area contributed by atoms with Crippen LogP contribution in [0.2, 0.25) is 0 Å². The van der Waals surface area contributed by atoms with Gasteiger partial charge in [0.05, 0.1) is 6.20 Å². The zero-order valence-electron chi connectivity index (χ0n) is 9.79. The molecule has 1 aliphatic rings. The van der Waals surface area contributed by atoms with E-state index >= 15 is 0 Å². The Labute approximate surface area is 109 Å². The third-order valence-corrected chi connectivity index (χ3v) is 5.38. The van der Waals surface area contributed by atoms with E-state index in [9.17, 15) is 13.2 Å². The highest BCUT2D eigenvalue weighted by molar-refractivity contribution is 8.00. The van der Waals surface area contributed by atoms with Gasteiger partial charge in [0.1, 0.15) is 16.8 Å². The minimum Gasteiger partial charge on any atom is -0.383 e. The van der Waals surface area contributed by atoms with Crippen LogP contribution in [-0.4, -0.2) is 59.1 Å². The summed E-state index contributed by atoms with van der Waals surface area (Å²) >= 11 is 1.52. The number of carbonyl (C=O) groups excluding carboxylic acids is 1. The summed E-state index contributed by atoms with van der Waals surface area (Å²) in [6.45, 7) is 0.395. The van der Waals surface area contributed by atoms with Gasteiger partial charge >= 0.3 is 0 Å². The van der Waals surface area contributed by atoms with Gasteiger partial charge in [-0.2, -0.15) is 16.9 Å². The number of nitrogens with one attached hydrogen (secondary N) is 1. The van der Waals surface area contributed by atoms with Crippen molar-refractivity contribution in [1.82, 2.24) is 15.1 Å². The number of amides is 1. The van der Waals surface area contributed by atoms with Crippen LogP contribution < -0.4 is 5.73 Å². The number of nitrogens with two attached hydrogens (primary N) is 1. The van der Waals surface area contributed by atoms with Crippen LogP contribution in [0.5, 0.6) is 0 Å². The maximum absolute atomic E-state index is 12.3. The maximum atomic E-state index is 12.3. The lowest BCUT2D eigenvalue weighted by Crippen LogP contribution is -2.49. The van der Waals surface area contributed by atoms with Crippen LogP contribution in [0.15, 0.2) is 6.20 Å². The van der Waals surface area contributed by atoms with E-state index in [-0.39, 0.29) is 11.4 Å². The molecule has 100 valence electrons. The molecule has 3 N–H and O–H groups in total. The molecule has 1 aromatic heterocycles. The number of nitrogen functional groups attached to an aromatic ring is 1. The number of anilines is 1. The van der Waals surface area contributed by atoms with Crippen molar-refractivity contribution in [3.63, 3.8) is 0 Å². The zero-order chi connectivity index (χ0) is 13.3. The molecule has 1 aromatic rings. The normalized spacial score (nSPS) is 20.9. The van der Waals surface area contributed by atoms with E-state index < -0.39 is 21.1 Å². The van der Waals surface area contributed by atoms with Gasteiger partial charge in [0, 0.05) is 24.3 Å². The second-order valence-corrected chi connectivity index (χ2v) is 7.41. The zero-order valence-corrected chi connectivity index (χ0v) is 11.4. The average molecular weight is 290 g/mol. The molecule has 18 heavy (non-hydrogen) atoms. The highest BCUT2D eigenvalue weighted by Gasteiger charge is 2.35. The maximum Gasteiger partial charge on any atom is 0.260 e. The average Bonchev–Trinajstić information content (AvgIpc) is 2.73. The number of aromatic amines is 1. The number of carbonyl (C=O) groups is 1. The van der Waals surface area contributed by atoms with Crippen LogP contribution >= 0.6 is 11.8 Å². The summed E-state index contributed by atoms with van der Waals surface area (Å²) in [7, 11) is -3.31. The Balaban J connectivity index is 2.30. The van der Waals surface area contributed by atoms with Crippen molar-refractivity contribution >= 4 is 33.3 Å². The monoisotopic (exact) mass is 290 g/mol. The first-order chi connectivity index (χ1) is 8.41. The highest BCUT2D eigenvalue weighted by atomic mass is 32.2. The fourth-order valence-corrected chi connectivity index (χ4v) is 4.60. The Morgan fingerprint density at radius 1 is 1.67 bits per heavy atom. The summed E-state index contributed by atoms with van der Waals surface area (Å²) in [5.41, 5.74) is 5.80. The summed E-state index contributed by atoms with van der Waals surface area (Å²) in [6, 6.07) is 0.